The predicted octanol–water partition coefficient (Wildman–Crippen LogP) is 3.65. The van der Waals surface area contributed by atoms with E-state index in [2.05, 4.69) is 6.07 Å². The molecule has 0 bridgehead atoms. The van der Waals surface area contributed by atoms with Gasteiger partial charge in [0.25, 0.3) is 0 Å². The Morgan fingerprint density at radius 2 is 1.71 bits per heavy atom. The fraction of sp³-hybridized carbons (Fsp3) is 0.235. The predicted molar refractivity (Wildman–Crippen MR) is 79.9 cm³/mol. The lowest BCUT2D eigenvalue weighted by molar-refractivity contribution is -0.164. The zero-order valence-electron chi connectivity index (χ0n) is 11.4. The molecular formula is C17H14ClNO2. The van der Waals surface area contributed by atoms with Gasteiger partial charge in [-0.25, -0.2) is 0 Å². The number of ether oxygens (including phenoxy) is 2. The third kappa shape index (κ3) is 2.66. The molecule has 1 fully saturated rings. The molecule has 1 heterocycles. The summed E-state index contributed by atoms with van der Waals surface area (Å²) in [5.41, 5.74) is 2.32. The van der Waals surface area contributed by atoms with Crippen molar-refractivity contribution in [2.24, 2.45) is 0 Å². The maximum atomic E-state index is 9.24. The second-order valence-corrected chi connectivity index (χ2v) is 5.28. The number of hydrogen-bond donors (Lipinski definition) is 0. The molecule has 2 aromatic rings. The van der Waals surface area contributed by atoms with Crippen molar-refractivity contribution in [3.8, 4) is 6.07 Å². The van der Waals surface area contributed by atoms with E-state index >= 15 is 0 Å². The Bertz CT molecular complexity index is 687. The molecule has 21 heavy (non-hydrogen) atoms. The minimum atomic E-state index is -0.911. The highest BCUT2D eigenvalue weighted by atomic mass is 35.5. The fourth-order valence-electron chi connectivity index (χ4n) is 2.61. The van der Waals surface area contributed by atoms with Gasteiger partial charge in [0.05, 0.1) is 24.8 Å². The summed E-state index contributed by atoms with van der Waals surface area (Å²) < 4.78 is 11.8. The number of hydrogen-bond acceptors (Lipinski definition) is 3. The number of halogens is 1. The molecule has 0 saturated carbocycles. The van der Waals surface area contributed by atoms with Crippen LogP contribution in [-0.2, 0) is 21.7 Å². The van der Waals surface area contributed by atoms with Gasteiger partial charge in [0.1, 0.15) is 0 Å². The molecule has 1 aliphatic rings. The first-order valence-corrected chi connectivity index (χ1v) is 7.14. The summed E-state index contributed by atoms with van der Waals surface area (Å²) in [6, 6.07) is 17.2. The molecule has 1 saturated heterocycles. The summed E-state index contributed by atoms with van der Waals surface area (Å²) in [4.78, 5) is 0. The Balaban J connectivity index is 2.03. The van der Waals surface area contributed by atoms with Gasteiger partial charge in [-0.15, -0.1) is 0 Å². The topological polar surface area (TPSA) is 42.2 Å². The smallest absolute Gasteiger partial charge is 0.200 e. The number of benzene rings is 2. The van der Waals surface area contributed by atoms with Gasteiger partial charge in [-0.05, 0) is 17.7 Å². The van der Waals surface area contributed by atoms with Gasteiger partial charge in [-0.3, -0.25) is 0 Å². The van der Waals surface area contributed by atoms with Crippen LogP contribution in [0.25, 0.3) is 0 Å². The average molecular weight is 300 g/mol. The highest BCUT2D eigenvalue weighted by Crippen LogP contribution is 2.39. The van der Waals surface area contributed by atoms with Crippen molar-refractivity contribution >= 4 is 11.6 Å². The Hall–Kier alpha value is -1.86. The molecule has 0 radical (unpaired) electrons. The first-order valence-electron chi connectivity index (χ1n) is 6.76. The van der Waals surface area contributed by atoms with Crippen molar-refractivity contribution in [3.63, 3.8) is 0 Å². The summed E-state index contributed by atoms with van der Waals surface area (Å²) in [5.74, 6) is -0.911. The van der Waals surface area contributed by atoms with Gasteiger partial charge >= 0.3 is 0 Å². The molecule has 0 aromatic heterocycles. The van der Waals surface area contributed by atoms with Crippen LogP contribution in [0.1, 0.15) is 16.7 Å². The quantitative estimate of drug-likeness (QED) is 0.868. The Kier molecular flexibility index (Phi) is 3.94. The number of nitriles is 1. The van der Waals surface area contributed by atoms with Gasteiger partial charge in [-0.1, -0.05) is 48.0 Å². The number of nitrogens with zero attached hydrogens (tertiary/aromatic N) is 1. The zero-order chi connectivity index (χ0) is 14.7. The van der Waals surface area contributed by atoms with Crippen LogP contribution in [0.4, 0.5) is 0 Å². The van der Waals surface area contributed by atoms with Crippen molar-refractivity contribution in [2.75, 3.05) is 13.2 Å². The monoisotopic (exact) mass is 299 g/mol. The molecule has 0 atom stereocenters. The van der Waals surface area contributed by atoms with E-state index in [1.165, 1.54) is 0 Å². The SMILES string of the molecule is N#Cc1ccccc1CC1(c2ccccc2Cl)OCCO1. The van der Waals surface area contributed by atoms with Crippen LogP contribution in [0.5, 0.6) is 0 Å². The number of rotatable bonds is 3. The van der Waals surface area contributed by atoms with Crippen LogP contribution < -0.4 is 0 Å². The van der Waals surface area contributed by atoms with Crippen LogP contribution in [0.2, 0.25) is 5.02 Å². The minimum absolute atomic E-state index is 0.459. The van der Waals surface area contributed by atoms with Gasteiger partial charge in [0.15, 0.2) is 0 Å². The summed E-state index contributed by atoms with van der Waals surface area (Å²) in [6.07, 6.45) is 0.459. The van der Waals surface area contributed by atoms with Crippen molar-refractivity contribution in [3.05, 3.63) is 70.2 Å². The molecule has 0 aliphatic carbocycles. The highest BCUT2D eigenvalue weighted by Gasteiger charge is 2.40. The standard InChI is InChI=1S/C17H14ClNO2/c18-16-8-4-3-7-15(16)17(20-9-10-21-17)11-13-5-1-2-6-14(13)12-19/h1-8H,9-11H2. The largest absolute Gasteiger partial charge is 0.343 e. The maximum absolute atomic E-state index is 9.24. The minimum Gasteiger partial charge on any atom is -0.343 e. The van der Waals surface area contributed by atoms with Gasteiger partial charge in [0.2, 0.25) is 5.79 Å². The van der Waals surface area contributed by atoms with E-state index in [1.807, 2.05) is 42.5 Å². The molecular weight excluding hydrogens is 286 g/mol. The first-order chi connectivity index (χ1) is 10.2. The molecule has 2 aromatic carbocycles. The lowest BCUT2D eigenvalue weighted by Gasteiger charge is -2.29. The van der Waals surface area contributed by atoms with Crippen molar-refractivity contribution in [2.45, 2.75) is 12.2 Å². The first kappa shape index (κ1) is 14.1. The lowest BCUT2D eigenvalue weighted by Crippen LogP contribution is -2.30. The van der Waals surface area contributed by atoms with E-state index in [0.717, 1.165) is 11.1 Å². The van der Waals surface area contributed by atoms with E-state index in [9.17, 15) is 5.26 Å². The van der Waals surface area contributed by atoms with Crippen molar-refractivity contribution in [1.82, 2.24) is 0 Å². The van der Waals surface area contributed by atoms with Crippen molar-refractivity contribution < 1.29 is 9.47 Å². The normalized spacial score (nSPS) is 16.6. The Morgan fingerprint density at radius 3 is 2.43 bits per heavy atom. The molecule has 3 nitrogen and oxygen atoms in total. The summed E-state index contributed by atoms with van der Waals surface area (Å²) >= 11 is 6.31. The molecule has 0 N–H and O–H groups in total. The van der Waals surface area contributed by atoms with Gasteiger partial charge in [0, 0.05) is 17.0 Å². The van der Waals surface area contributed by atoms with E-state index in [0.29, 0.717) is 30.2 Å². The third-order valence-corrected chi connectivity index (χ3v) is 3.93. The lowest BCUT2D eigenvalue weighted by atomic mass is 9.94. The van der Waals surface area contributed by atoms with E-state index in [-0.39, 0.29) is 0 Å². The third-order valence-electron chi connectivity index (χ3n) is 3.60. The maximum Gasteiger partial charge on any atom is 0.200 e. The second kappa shape index (κ2) is 5.87. The van der Waals surface area contributed by atoms with Crippen LogP contribution >= 0.6 is 11.6 Å². The second-order valence-electron chi connectivity index (χ2n) is 4.88. The highest BCUT2D eigenvalue weighted by molar-refractivity contribution is 6.31. The van der Waals surface area contributed by atoms with E-state index < -0.39 is 5.79 Å². The molecule has 0 spiro atoms. The summed E-state index contributed by atoms with van der Waals surface area (Å²) in [5, 5.41) is 9.85. The van der Waals surface area contributed by atoms with Crippen LogP contribution in [0, 0.1) is 11.3 Å². The molecule has 0 amide bonds. The molecule has 0 unspecified atom stereocenters. The van der Waals surface area contributed by atoms with E-state index in [4.69, 9.17) is 21.1 Å². The van der Waals surface area contributed by atoms with E-state index in [1.54, 1.807) is 6.07 Å². The molecule has 3 rings (SSSR count). The molecule has 106 valence electrons. The van der Waals surface area contributed by atoms with Gasteiger partial charge < -0.3 is 9.47 Å². The summed E-state index contributed by atoms with van der Waals surface area (Å²) in [6.45, 7) is 1.03. The van der Waals surface area contributed by atoms with Gasteiger partial charge in [-0.2, -0.15) is 5.26 Å². The zero-order valence-corrected chi connectivity index (χ0v) is 12.1. The Labute approximate surface area is 128 Å². The van der Waals surface area contributed by atoms with Crippen molar-refractivity contribution in [1.29, 1.82) is 5.26 Å². The molecule has 1 aliphatic heterocycles. The summed E-state index contributed by atoms with van der Waals surface area (Å²) in [7, 11) is 0. The van der Waals surface area contributed by atoms with Crippen LogP contribution in [0.3, 0.4) is 0 Å². The fourth-order valence-corrected chi connectivity index (χ4v) is 2.89. The average Bonchev–Trinajstić information content (AvgIpc) is 2.98. The van der Waals surface area contributed by atoms with Crippen LogP contribution in [-0.4, -0.2) is 13.2 Å². The van der Waals surface area contributed by atoms with Crippen LogP contribution in [0.15, 0.2) is 48.5 Å². The Morgan fingerprint density at radius 1 is 1.05 bits per heavy atom. The molecule has 4 heteroatoms.